The molecule has 2 heterocycles. The molecule has 5 nitrogen and oxygen atoms in total. The third kappa shape index (κ3) is 5.68. The Bertz CT molecular complexity index is 1070. The highest BCUT2D eigenvalue weighted by molar-refractivity contribution is 8.00. The van der Waals surface area contributed by atoms with E-state index < -0.39 is 5.25 Å². The number of nitriles is 1. The van der Waals surface area contributed by atoms with Crippen LogP contribution in [0, 0.1) is 24.2 Å². The lowest BCUT2D eigenvalue weighted by Gasteiger charge is -2.12. The zero-order valence-corrected chi connectivity index (χ0v) is 19.1. The summed E-state index contributed by atoms with van der Waals surface area (Å²) in [6, 6.07) is 14.0. The van der Waals surface area contributed by atoms with Crippen molar-refractivity contribution in [1.29, 1.82) is 5.26 Å². The fourth-order valence-corrected chi connectivity index (χ4v) is 4.44. The Labute approximate surface area is 185 Å². The summed E-state index contributed by atoms with van der Waals surface area (Å²) in [4.78, 5) is 21.8. The van der Waals surface area contributed by atoms with Gasteiger partial charge in [0.25, 0.3) is 0 Å². The maximum atomic E-state index is 12.7. The van der Waals surface area contributed by atoms with Crippen LogP contribution in [0.3, 0.4) is 0 Å². The van der Waals surface area contributed by atoms with Gasteiger partial charge in [0.15, 0.2) is 5.13 Å². The number of aromatic nitrogens is 2. The van der Waals surface area contributed by atoms with Crippen LogP contribution >= 0.6 is 23.1 Å². The Balaban J connectivity index is 1.68. The lowest BCUT2D eigenvalue weighted by Crippen LogP contribution is -2.22. The number of thioether (sulfide) groups is 1. The van der Waals surface area contributed by atoms with Crippen molar-refractivity contribution in [3.8, 4) is 17.3 Å². The summed E-state index contributed by atoms with van der Waals surface area (Å²) in [6.07, 6.45) is 0.834. The molecule has 7 heteroatoms. The molecule has 30 heavy (non-hydrogen) atoms. The van der Waals surface area contributed by atoms with Crippen LogP contribution < -0.4 is 5.32 Å². The molecular formula is C23H24N4OS2. The van der Waals surface area contributed by atoms with Crippen LogP contribution in [0.4, 0.5) is 5.13 Å². The van der Waals surface area contributed by atoms with Gasteiger partial charge in [0.2, 0.25) is 5.91 Å². The Morgan fingerprint density at radius 3 is 2.57 bits per heavy atom. The normalized spacial score (nSPS) is 11.9. The lowest BCUT2D eigenvalue weighted by molar-refractivity contribution is -0.115. The van der Waals surface area contributed by atoms with Crippen molar-refractivity contribution in [1.82, 2.24) is 9.97 Å². The van der Waals surface area contributed by atoms with Gasteiger partial charge in [-0.1, -0.05) is 55.4 Å². The van der Waals surface area contributed by atoms with Crippen molar-refractivity contribution in [2.45, 2.75) is 44.4 Å². The van der Waals surface area contributed by atoms with E-state index >= 15 is 0 Å². The summed E-state index contributed by atoms with van der Waals surface area (Å²) >= 11 is 2.70. The molecule has 0 saturated carbocycles. The Morgan fingerprint density at radius 2 is 1.90 bits per heavy atom. The van der Waals surface area contributed by atoms with E-state index in [-0.39, 0.29) is 5.91 Å². The Kier molecular flexibility index (Phi) is 7.24. The number of thiazole rings is 1. The number of nitrogens with zero attached hydrogens (tertiary/aromatic N) is 3. The number of hydrogen-bond donors (Lipinski definition) is 1. The predicted octanol–water partition coefficient (Wildman–Crippen LogP) is 5.70. The monoisotopic (exact) mass is 436 g/mol. The van der Waals surface area contributed by atoms with Gasteiger partial charge in [0, 0.05) is 16.6 Å². The lowest BCUT2D eigenvalue weighted by atomic mass is 10.1. The molecule has 0 fully saturated rings. The molecule has 0 radical (unpaired) electrons. The van der Waals surface area contributed by atoms with E-state index in [2.05, 4.69) is 35.2 Å². The minimum Gasteiger partial charge on any atom is -0.301 e. The van der Waals surface area contributed by atoms with Gasteiger partial charge in [0.05, 0.1) is 16.5 Å². The highest BCUT2D eigenvalue weighted by Gasteiger charge is 2.19. The maximum Gasteiger partial charge on any atom is 0.239 e. The quantitative estimate of drug-likeness (QED) is 0.480. The average molecular weight is 437 g/mol. The average Bonchev–Trinajstić information content (AvgIpc) is 3.16. The van der Waals surface area contributed by atoms with Crippen molar-refractivity contribution in [3.63, 3.8) is 0 Å². The number of nitrogens with one attached hydrogen (secondary N) is 1. The first kappa shape index (κ1) is 22.0. The molecule has 3 rings (SSSR count). The molecule has 1 atom stereocenters. The molecule has 1 N–H and O–H groups in total. The van der Waals surface area contributed by atoms with Gasteiger partial charge in [-0.05, 0) is 38.3 Å². The number of benzene rings is 1. The number of carbonyl (C=O) groups excluding carboxylic acids is 1. The molecule has 2 aromatic heterocycles. The highest BCUT2D eigenvalue weighted by atomic mass is 32.2. The van der Waals surface area contributed by atoms with Crippen molar-refractivity contribution >= 4 is 34.1 Å². The standard InChI is InChI=1S/C23H24N4OS2/c1-14(2)11-19-10-9-18(12-24)22(25-19)30-16(4)21(28)27-23-26-20(13-29-23)17-7-5-15(3)6-8-17/h5-10,13-14,16H,11H2,1-4H3,(H,26,27,28). The summed E-state index contributed by atoms with van der Waals surface area (Å²) in [7, 11) is 0. The molecule has 0 spiro atoms. The molecule has 0 saturated heterocycles. The summed E-state index contributed by atoms with van der Waals surface area (Å²) in [5, 5.41) is 15.0. The number of anilines is 1. The third-order valence-corrected chi connectivity index (χ3v) is 6.25. The minimum atomic E-state index is -0.411. The van der Waals surface area contributed by atoms with E-state index in [1.54, 1.807) is 6.07 Å². The Hall–Kier alpha value is -2.69. The predicted molar refractivity (Wildman–Crippen MR) is 124 cm³/mol. The molecule has 0 bridgehead atoms. The van der Waals surface area contributed by atoms with Gasteiger partial charge in [0.1, 0.15) is 11.1 Å². The van der Waals surface area contributed by atoms with Gasteiger partial charge in [-0.3, -0.25) is 4.79 Å². The smallest absolute Gasteiger partial charge is 0.239 e. The van der Waals surface area contributed by atoms with Crippen LogP contribution in [-0.4, -0.2) is 21.1 Å². The number of pyridine rings is 1. The number of hydrogen-bond acceptors (Lipinski definition) is 6. The van der Waals surface area contributed by atoms with Gasteiger partial charge < -0.3 is 5.32 Å². The van der Waals surface area contributed by atoms with Crippen LogP contribution in [0.25, 0.3) is 11.3 Å². The molecule has 0 aliphatic rings. The van der Waals surface area contributed by atoms with Crippen molar-refractivity contribution < 1.29 is 4.79 Å². The zero-order valence-electron chi connectivity index (χ0n) is 17.5. The minimum absolute atomic E-state index is 0.162. The number of carbonyl (C=O) groups is 1. The van der Waals surface area contributed by atoms with Gasteiger partial charge in [-0.25, -0.2) is 9.97 Å². The van der Waals surface area contributed by atoms with Crippen molar-refractivity contribution in [3.05, 3.63) is 58.6 Å². The topological polar surface area (TPSA) is 78.7 Å². The fraction of sp³-hybridized carbons (Fsp3) is 0.304. The largest absolute Gasteiger partial charge is 0.301 e. The fourth-order valence-electron chi connectivity index (χ4n) is 2.80. The van der Waals surface area contributed by atoms with Crippen LogP contribution in [0.1, 0.15) is 37.6 Å². The SMILES string of the molecule is Cc1ccc(-c2csc(NC(=O)C(C)Sc3nc(CC(C)C)ccc3C#N)n2)cc1. The zero-order chi connectivity index (χ0) is 21.7. The summed E-state index contributed by atoms with van der Waals surface area (Å²) in [6.45, 7) is 8.11. The molecule has 0 aliphatic heterocycles. The first-order valence-corrected chi connectivity index (χ1v) is 11.5. The maximum absolute atomic E-state index is 12.7. The van der Waals surface area contributed by atoms with Crippen molar-refractivity contribution in [2.24, 2.45) is 5.92 Å². The molecular weight excluding hydrogens is 412 g/mol. The first-order chi connectivity index (χ1) is 14.4. The second-order valence-corrected chi connectivity index (χ2v) is 9.71. The van der Waals surface area contributed by atoms with E-state index in [1.165, 1.54) is 28.7 Å². The van der Waals surface area contributed by atoms with Crippen molar-refractivity contribution in [2.75, 3.05) is 5.32 Å². The van der Waals surface area contributed by atoms with Gasteiger partial charge in [-0.15, -0.1) is 11.3 Å². The van der Waals surface area contributed by atoms with E-state index in [0.29, 0.717) is 21.6 Å². The molecule has 1 unspecified atom stereocenters. The van der Waals surface area contributed by atoms with E-state index in [0.717, 1.165) is 23.4 Å². The third-order valence-electron chi connectivity index (χ3n) is 4.40. The van der Waals surface area contributed by atoms with E-state index in [4.69, 9.17) is 0 Å². The van der Waals surface area contributed by atoms with Crippen LogP contribution in [0.5, 0.6) is 0 Å². The molecule has 154 valence electrons. The number of amides is 1. The first-order valence-electron chi connectivity index (χ1n) is 9.76. The molecule has 0 aliphatic carbocycles. The van der Waals surface area contributed by atoms with Gasteiger partial charge in [-0.2, -0.15) is 5.26 Å². The molecule has 1 amide bonds. The number of rotatable bonds is 7. The van der Waals surface area contributed by atoms with Crippen LogP contribution in [-0.2, 0) is 11.2 Å². The summed E-state index contributed by atoms with van der Waals surface area (Å²) in [5.74, 6) is 0.307. The molecule has 3 aromatic rings. The molecule has 1 aromatic carbocycles. The van der Waals surface area contributed by atoms with E-state index in [9.17, 15) is 10.1 Å². The highest BCUT2D eigenvalue weighted by Crippen LogP contribution is 2.28. The number of aryl methyl sites for hydroxylation is 1. The second-order valence-electron chi connectivity index (χ2n) is 7.52. The van der Waals surface area contributed by atoms with Crippen LogP contribution in [0.2, 0.25) is 0 Å². The Morgan fingerprint density at radius 1 is 1.17 bits per heavy atom. The van der Waals surface area contributed by atoms with E-state index in [1.807, 2.05) is 49.6 Å². The summed E-state index contributed by atoms with van der Waals surface area (Å²) in [5.41, 5.74) is 4.47. The van der Waals surface area contributed by atoms with Crippen LogP contribution in [0.15, 0.2) is 46.8 Å². The van der Waals surface area contributed by atoms with Gasteiger partial charge >= 0.3 is 0 Å². The summed E-state index contributed by atoms with van der Waals surface area (Å²) < 4.78 is 0. The second kappa shape index (κ2) is 9.88.